The van der Waals surface area contributed by atoms with E-state index in [-0.39, 0.29) is 5.28 Å². The maximum Gasteiger partial charge on any atom is 0.300 e. The van der Waals surface area contributed by atoms with Gasteiger partial charge in [-0.15, -0.1) is 0 Å². The molecule has 37 heavy (non-hydrogen) atoms. The van der Waals surface area contributed by atoms with Crippen LogP contribution in [-0.4, -0.2) is 58.2 Å². The maximum atomic E-state index is 10.7. The monoisotopic (exact) mass is 642 g/mol. The highest BCUT2D eigenvalue weighted by molar-refractivity contribution is 14.1. The molecule has 0 saturated carbocycles. The lowest BCUT2D eigenvalue weighted by molar-refractivity contribution is -0.134. The predicted octanol–water partition coefficient (Wildman–Crippen LogP) is 3.33. The Morgan fingerprint density at radius 2 is 2.00 bits per heavy atom. The van der Waals surface area contributed by atoms with Crippen molar-refractivity contribution in [1.82, 2.24) is 24.7 Å². The molecule has 1 fully saturated rings. The second-order valence-electron chi connectivity index (χ2n) is 8.17. The van der Waals surface area contributed by atoms with Gasteiger partial charge in [-0.1, -0.05) is 24.2 Å². The number of fused-ring (bicyclic) bond motifs is 1. The van der Waals surface area contributed by atoms with Gasteiger partial charge in [0, 0.05) is 23.1 Å². The van der Waals surface area contributed by atoms with Crippen molar-refractivity contribution in [1.29, 1.82) is 0 Å². The summed E-state index contributed by atoms with van der Waals surface area (Å²) in [5.41, 5.74) is 2.63. The summed E-state index contributed by atoms with van der Waals surface area (Å²) in [6.45, 7) is 3.54. The van der Waals surface area contributed by atoms with Crippen molar-refractivity contribution in [3.63, 3.8) is 0 Å². The average Bonchev–Trinajstić information content (AvgIpc) is 3.56. The van der Waals surface area contributed by atoms with Crippen LogP contribution in [0.15, 0.2) is 41.2 Å². The van der Waals surface area contributed by atoms with Gasteiger partial charge in [-0.25, -0.2) is 4.98 Å². The van der Waals surface area contributed by atoms with E-state index in [0.29, 0.717) is 35.7 Å². The van der Waals surface area contributed by atoms with E-state index in [1.54, 1.807) is 6.07 Å². The molecule has 1 aliphatic heterocycles. The van der Waals surface area contributed by atoms with Gasteiger partial charge in [0.05, 0.1) is 12.0 Å². The van der Waals surface area contributed by atoms with E-state index in [9.17, 15) is 10.2 Å². The maximum absolute atomic E-state index is 10.7. The van der Waals surface area contributed by atoms with Crippen LogP contribution >= 0.6 is 34.2 Å². The van der Waals surface area contributed by atoms with E-state index in [2.05, 4.69) is 54.1 Å². The molecule has 1 saturated heterocycles. The largest absolute Gasteiger partial charge is 0.481 e. The summed E-state index contributed by atoms with van der Waals surface area (Å²) in [5, 5.41) is 35.9. The number of aromatic nitrogens is 5. The molecule has 5 rings (SSSR count). The molecule has 0 radical (unpaired) electrons. The summed E-state index contributed by atoms with van der Waals surface area (Å²) in [6, 6.07) is 9.77. The van der Waals surface area contributed by atoms with E-state index in [4.69, 9.17) is 30.8 Å². The Labute approximate surface area is 229 Å². The minimum Gasteiger partial charge on any atom is -0.481 e. The smallest absolute Gasteiger partial charge is 0.300 e. The number of aliphatic hydroxyl groups excluding tert-OH is 2. The Morgan fingerprint density at radius 1 is 1.24 bits per heavy atom. The number of rotatable bonds is 6. The van der Waals surface area contributed by atoms with Gasteiger partial charge in [0.25, 0.3) is 5.97 Å². The van der Waals surface area contributed by atoms with Crippen LogP contribution in [0.5, 0.6) is 0 Å². The fourth-order valence-electron chi connectivity index (χ4n) is 3.79. The van der Waals surface area contributed by atoms with Crippen LogP contribution in [0.4, 0.5) is 5.82 Å². The Bertz CT molecular complexity index is 1390. The SMILES string of the molecule is CC(=O)O.CCc1cc([C@H]2O[C@@H](n3cnc4c(NCc5cccc(I)c5)nc(Cl)nc43)[C@H](O)[C@@H]2O)on1. The molecular weight excluding hydrogens is 619 g/mol. The van der Waals surface area contributed by atoms with E-state index in [0.717, 1.165) is 21.8 Å². The summed E-state index contributed by atoms with van der Waals surface area (Å²) in [5.74, 6) is -0.0344. The Balaban J connectivity index is 0.000000747. The summed E-state index contributed by atoms with van der Waals surface area (Å²) in [6.07, 6.45) is -2.16. The number of ether oxygens (including phenoxy) is 1. The van der Waals surface area contributed by atoms with Gasteiger partial charge in [0.15, 0.2) is 29.0 Å². The third kappa shape index (κ3) is 6.18. The summed E-state index contributed by atoms with van der Waals surface area (Å²) in [4.78, 5) is 22.0. The highest BCUT2D eigenvalue weighted by atomic mass is 127. The molecule has 4 aromatic rings. The summed E-state index contributed by atoms with van der Waals surface area (Å²) < 4.78 is 13.9. The predicted molar refractivity (Wildman–Crippen MR) is 141 cm³/mol. The number of carboxylic acid groups (broad SMARTS) is 1. The first-order valence-electron chi connectivity index (χ1n) is 11.2. The highest BCUT2D eigenvalue weighted by Gasteiger charge is 2.47. The van der Waals surface area contributed by atoms with Crippen LogP contribution in [0.1, 0.15) is 43.2 Å². The molecule has 0 spiro atoms. The second kappa shape index (κ2) is 11.7. The number of halogens is 2. The highest BCUT2D eigenvalue weighted by Crippen LogP contribution is 2.40. The van der Waals surface area contributed by atoms with Crippen LogP contribution in [0.2, 0.25) is 5.28 Å². The summed E-state index contributed by atoms with van der Waals surface area (Å²) in [7, 11) is 0. The molecule has 0 unspecified atom stereocenters. The zero-order valence-corrected chi connectivity index (χ0v) is 22.7. The molecule has 1 aromatic carbocycles. The van der Waals surface area contributed by atoms with Crippen molar-refractivity contribution in [3.05, 3.63) is 62.5 Å². The van der Waals surface area contributed by atoms with E-state index in [1.165, 1.54) is 10.9 Å². The van der Waals surface area contributed by atoms with Crippen LogP contribution < -0.4 is 5.32 Å². The van der Waals surface area contributed by atoms with E-state index < -0.39 is 30.5 Å². The zero-order chi connectivity index (χ0) is 26.7. The van der Waals surface area contributed by atoms with Gasteiger partial charge < -0.3 is 29.9 Å². The molecule has 12 nitrogen and oxygen atoms in total. The van der Waals surface area contributed by atoms with Crippen molar-refractivity contribution >= 4 is 57.1 Å². The van der Waals surface area contributed by atoms with Crippen molar-refractivity contribution < 1.29 is 29.4 Å². The first-order chi connectivity index (χ1) is 17.7. The number of hydrogen-bond acceptors (Lipinski definition) is 10. The molecule has 3 aromatic heterocycles. The van der Waals surface area contributed by atoms with Gasteiger partial charge in [-0.2, -0.15) is 9.97 Å². The van der Waals surface area contributed by atoms with Gasteiger partial charge in [0.1, 0.15) is 18.3 Å². The van der Waals surface area contributed by atoms with Crippen LogP contribution in [-0.2, 0) is 22.5 Å². The number of nitrogens with zero attached hydrogens (tertiary/aromatic N) is 5. The fraction of sp³-hybridized carbons (Fsp3) is 0.348. The third-order valence-electron chi connectivity index (χ3n) is 5.48. The third-order valence-corrected chi connectivity index (χ3v) is 6.32. The van der Waals surface area contributed by atoms with Gasteiger partial charge >= 0.3 is 0 Å². The number of anilines is 1. The molecule has 4 N–H and O–H groups in total. The number of imidazole rings is 1. The average molecular weight is 643 g/mol. The molecule has 4 atom stereocenters. The van der Waals surface area contributed by atoms with Gasteiger partial charge in [-0.05, 0) is 58.3 Å². The molecule has 4 heterocycles. The van der Waals surface area contributed by atoms with Crippen LogP contribution in [0, 0.1) is 3.57 Å². The van der Waals surface area contributed by atoms with E-state index >= 15 is 0 Å². The van der Waals surface area contributed by atoms with Gasteiger partial charge in [0.2, 0.25) is 5.28 Å². The van der Waals surface area contributed by atoms with E-state index in [1.807, 2.05) is 25.1 Å². The molecular formula is C23H24ClIN6O6. The lowest BCUT2D eigenvalue weighted by Crippen LogP contribution is -2.28. The van der Waals surface area contributed by atoms with Crippen molar-refractivity contribution in [2.75, 3.05) is 5.32 Å². The molecule has 0 bridgehead atoms. The number of aliphatic hydroxyl groups is 2. The quantitative estimate of drug-likeness (QED) is 0.180. The lowest BCUT2D eigenvalue weighted by Gasteiger charge is -2.16. The number of carbonyl (C=O) groups is 1. The second-order valence-corrected chi connectivity index (χ2v) is 9.75. The Hall–Kier alpha value is -2.85. The number of hydrogen-bond donors (Lipinski definition) is 4. The minimum atomic E-state index is -1.25. The number of nitrogens with one attached hydrogen (secondary N) is 1. The van der Waals surface area contributed by atoms with Crippen molar-refractivity contribution in [3.8, 4) is 0 Å². The molecule has 1 aliphatic rings. The summed E-state index contributed by atoms with van der Waals surface area (Å²) >= 11 is 8.45. The van der Waals surface area contributed by atoms with Crippen LogP contribution in [0.25, 0.3) is 11.2 Å². The number of aryl methyl sites for hydroxylation is 1. The minimum absolute atomic E-state index is 0.0156. The number of carboxylic acids is 1. The molecule has 196 valence electrons. The lowest BCUT2D eigenvalue weighted by atomic mass is 10.1. The number of aliphatic carboxylic acids is 1. The van der Waals surface area contributed by atoms with Crippen LogP contribution in [0.3, 0.4) is 0 Å². The Kier molecular flexibility index (Phi) is 8.59. The molecule has 14 heteroatoms. The zero-order valence-electron chi connectivity index (χ0n) is 19.7. The molecule has 0 amide bonds. The fourth-order valence-corrected chi connectivity index (χ4v) is 4.56. The van der Waals surface area contributed by atoms with Gasteiger partial charge in [-0.3, -0.25) is 9.36 Å². The Morgan fingerprint density at radius 3 is 2.68 bits per heavy atom. The molecule has 0 aliphatic carbocycles. The topological polar surface area (TPSA) is 169 Å². The normalized spacial score (nSPS) is 21.0. The first-order valence-corrected chi connectivity index (χ1v) is 12.7. The van der Waals surface area contributed by atoms with Crippen molar-refractivity contribution in [2.24, 2.45) is 0 Å². The first kappa shape index (κ1) is 27.2. The standard InChI is InChI=1S/C21H20ClIN6O4.C2H4O2/c1-2-12-7-13(33-28-12)17-15(30)16(31)20(32-17)29-9-25-14-18(26-21(22)27-19(14)29)24-8-10-4-3-5-11(23)6-10;1-2(3)4/h3-7,9,15-17,20,30-31H,2,8H2,1H3,(H,24,26,27);1H3,(H,3,4)/t15-,16+,17+,20+;/m0./s1. The van der Waals surface area contributed by atoms with Crippen molar-refractivity contribution in [2.45, 2.75) is 51.4 Å². The number of benzene rings is 1.